The summed E-state index contributed by atoms with van der Waals surface area (Å²) in [5.41, 5.74) is 1.60. The van der Waals surface area contributed by atoms with E-state index in [1.54, 1.807) is 24.3 Å². The summed E-state index contributed by atoms with van der Waals surface area (Å²) in [4.78, 5) is 15.0. The number of hydrogen-bond acceptors (Lipinski definition) is 2. The van der Waals surface area contributed by atoms with Crippen LogP contribution in [0.1, 0.15) is 35.2 Å². The minimum atomic E-state index is -0.774. The first-order valence-electron chi connectivity index (χ1n) is 10.2. The highest BCUT2D eigenvalue weighted by Crippen LogP contribution is 2.33. The molecule has 1 aliphatic carbocycles. The highest BCUT2D eigenvalue weighted by Gasteiger charge is 2.24. The molecule has 3 aromatic rings. The lowest BCUT2D eigenvalue weighted by Gasteiger charge is -2.23. The molecule has 4 rings (SSSR count). The maximum atomic E-state index is 13.8. The number of rotatable bonds is 8. The first-order valence-corrected chi connectivity index (χ1v) is 10.2. The van der Waals surface area contributed by atoms with Crippen molar-refractivity contribution in [1.82, 2.24) is 4.90 Å². The fraction of sp³-hybridized carbons (Fsp3) is 0.240. The van der Waals surface area contributed by atoms with Crippen molar-refractivity contribution in [3.8, 4) is 11.5 Å². The Morgan fingerprint density at radius 2 is 1.57 bits per heavy atom. The molecule has 0 bridgehead atoms. The van der Waals surface area contributed by atoms with Crippen LogP contribution in [0.25, 0.3) is 0 Å². The Morgan fingerprint density at radius 3 is 2.20 bits per heavy atom. The molecule has 0 heterocycles. The van der Waals surface area contributed by atoms with E-state index >= 15 is 0 Å². The van der Waals surface area contributed by atoms with Crippen molar-refractivity contribution in [2.45, 2.75) is 25.8 Å². The molecular weight excluding hydrogens is 384 g/mol. The highest BCUT2D eigenvalue weighted by molar-refractivity contribution is 5.94. The maximum Gasteiger partial charge on any atom is 0.254 e. The van der Waals surface area contributed by atoms with Crippen LogP contribution in [0.4, 0.5) is 8.78 Å². The summed E-state index contributed by atoms with van der Waals surface area (Å²) in [5, 5.41) is 0. The number of halogens is 2. The van der Waals surface area contributed by atoms with Crippen LogP contribution in [-0.4, -0.2) is 17.4 Å². The second-order valence-electron chi connectivity index (χ2n) is 7.62. The molecule has 30 heavy (non-hydrogen) atoms. The van der Waals surface area contributed by atoms with Crippen LogP contribution >= 0.6 is 0 Å². The van der Waals surface area contributed by atoms with Gasteiger partial charge in [-0.3, -0.25) is 4.79 Å². The van der Waals surface area contributed by atoms with Crippen molar-refractivity contribution >= 4 is 5.91 Å². The van der Waals surface area contributed by atoms with E-state index in [1.165, 1.54) is 18.9 Å². The SMILES string of the molecule is O=C(c1ccc(Oc2c(F)cccc2F)cc1)N(CCC1CC1)Cc1ccccc1. The Bertz CT molecular complexity index is 981. The molecule has 1 saturated carbocycles. The highest BCUT2D eigenvalue weighted by atomic mass is 19.1. The van der Waals surface area contributed by atoms with E-state index in [9.17, 15) is 13.6 Å². The Hall–Kier alpha value is -3.21. The summed E-state index contributed by atoms with van der Waals surface area (Å²) in [7, 11) is 0. The molecule has 0 unspecified atom stereocenters. The van der Waals surface area contributed by atoms with Gasteiger partial charge in [-0.15, -0.1) is 0 Å². The van der Waals surface area contributed by atoms with Gasteiger partial charge in [0.2, 0.25) is 0 Å². The van der Waals surface area contributed by atoms with Gasteiger partial charge >= 0.3 is 0 Å². The third-order valence-corrected chi connectivity index (χ3v) is 5.25. The van der Waals surface area contributed by atoms with Crippen molar-refractivity contribution in [3.63, 3.8) is 0 Å². The van der Waals surface area contributed by atoms with Gasteiger partial charge in [0.05, 0.1) is 0 Å². The normalized spacial score (nSPS) is 13.1. The molecule has 1 amide bonds. The van der Waals surface area contributed by atoms with Crippen LogP contribution in [0.3, 0.4) is 0 Å². The van der Waals surface area contributed by atoms with Crippen LogP contribution < -0.4 is 4.74 Å². The molecule has 0 aliphatic heterocycles. The fourth-order valence-electron chi connectivity index (χ4n) is 3.35. The molecule has 0 N–H and O–H groups in total. The number of carbonyl (C=O) groups excluding carboxylic acids is 1. The fourth-order valence-corrected chi connectivity index (χ4v) is 3.35. The third-order valence-electron chi connectivity index (χ3n) is 5.25. The van der Waals surface area contributed by atoms with Gasteiger partial charge < -0.3 is 9.64 Å². The number of ether oxygens (including phenoxy) is 1. The minimum absolute atomic E-state index is 0.0666. The van der Waals surface area contributed by atoms with E-state index < -0.39 is 17.4 Å². The Kier molecular flexibility index (Phi) is 6.07. The van der Waals surface area contributed by atoms with Crippen LogP contribution in [0.15, 0.2) is 72.8 Å². The molecule has 1 aliphatic rings. The zero-order chi connectivity index (χ0) is 20.9. The van der Waals surface area contributed by atoms with E-state index in [-0.39, 0.29) is 11.7 Å². The molecule has 0 aromatic heterocycles. The van der Waals surface area contributed by atoms with Gasteiger partial charge in [0.1, 0.15) is 5.75 Å². The van der Waals surface area contributed by atoms with Gasteiger partial charge in [0.15, 0.2) is 17.4 Å². The number of nitrogens with zero attached hydrogens (tertiary/aromatic N) is 1. The van der Waals surface area contributed by atoms with Crippen molar-refractivity contribution < 1.29 is 18.3 Å². The zero-order valence-electron chi connectivity index (χ0n) is 16.6. The molecule has 0 radical (unpaired) electrons. The predicted molar refractivity (Wildman–Crippen MR) is 111 cm³/mol. The summed E-state index contributed by atoms with van der Waals surface area (Å²) < 4.78 is 32.9. The summed E-state index contributed by atoms with van der Waals surface area (Å²) in [6.45, 7) is 1.25. The molecule has 1 fully saturated rings. The van der Waals surface area contributed by atoms with Crippen LogP contribution in [-0.2, 0) is 6.54 Å². The Morgan fingerprint density at radius 1 is 0.900 bits per heavy atom. The van der Waals surface area contributed by atoms with Gasteiger partial charge in [0, 0.05) is 18.7 Å². The molecule has 0 atom stereocenters. The van der Waals surface area contributed by atoms with E-state index in [0.29, 0.717) is 18.7 Å². The summed E-state index contributed by atoms with van der Waals surface area (Å²) >= 11 is 0. The van der Waals surface area contributed by atoms with Gasteiger partial charge in [-0.2, -0.15) is 0 Å². The monoisotopic (exact) mass is 407 g/mol. The van der Waals surface area contributed by atoms with Crippen molar-refractivity contribution in [2.75, 3.05) is 6.54 Å². The first-order chi connectivity index (χ1) is 14.6. The number of carbonyl (C=O) groups is 1. The largest absolute Gasteiger partial charge is 0.451 e. The maximum absolute atomic E-state index is 13.8. The molecule has 5 heteroatoms. The molecular formula is C25H23F2NO2. The summed E-state index contributed by atoms with van der Waals surface area (Å²) in [6.07, 6.45) is 3.49. The van der Waals surface area contributed by atoms with Gasteiger partial charge in [-0.1, -0.05) is 49.2 Å². The van der Waals surface area contributed by atoms with Crippen LogP contribution in [0.2, 0.25) is 0 Å². The second kappa shape index (κ2) is 9.08. The number of benzene rings is 3. The smallest absolute Gasteiger partial charge is 0.254 e. The number of amides is 1. The Labute approximate surface area is 174 Å². The number of hydrogen-bond donors (Lipinski definition) is 0. The number of para-hydroxylation sites is 1. The average Bonchev–Trinajstić information content (AvgIpc) is 3.59. The average molecular weight is 407 g/mol. The molecule has 154 valence electrons. The molecule has 3 aromatic carbocycles. The lowest BCUT2D eigenvalue weighted by Crippen LogP contribution is -2.31. The first kappa shape index (κ1) is 20.1. The molecule has 0 spiro atoms. The van der Waals surface area contributed by atoms with Gasteiger partial charge in [0.25, 0.3) is 5.91 Å². The predicted octanol–water partition coefficient (Wildman–Crippen LogP) is 6.20. The quantitative estimate of drug-likeness (QED) is 0.445. The summed E-state index contributed by atoms with van der Waals surface area (Å²) in [6, 6.07) is 19.8. The van der Waals surface area contributed by atoms with Crippen molar-refractivity contribution in [3.05, 3.63) is 95.6 Å². The van der Waals surface area contributed by atoms with E-state index in [2.05, 4.69) is 0 Å². The van der Waals surface area contributed by atoms with Gasteiger partial charge in [-0.25, -0.2) is 8.78 Å². The lowest BCUT2D eigenvalue weighted by molar-refractivity contribution is 0.0738. The third kappa shape index (κ3) is 5.03. The molecule has 0 saturated heterocycles. The van der Waals surface area contributed by atoms with E-state index in [4.69, 9.17) is 4.74 Å². The standard InChI is InChI=1S/C25H23F2NO2/c26-22-7-4-8-23(27)24(22)30-21-13-11-20(12-14-21)25(29)28(16-15-18-9-10-18)17-19-5-2-1-3-6-19/h1-8,11-14,18H,9-10,15-17H2. The Balaban J connectivity index is 1.48. The van der Waals surface area contributed by atoms with Crippen LogP contribution in [0, 0.1) is 17.6 Å². The lowest BCUT2D eigenvalue weighted by atomic mass is 10.1. The minimum Gasteiger partial charge on any atom is -0.451 e. The van der Waals surface area contributed by atoms with E-state index in [1.807, 2.05) is 35.2 Å². The zero-order valence-corrected chi connectivity index (χ0v) is 16.6. The summed E-state index contributed by atoms with van der Waals surface area (Å²) in [5.74, 6) is -1.07. The van der Waals surface area contributed by atoms with Crippen LogP contribution in [0.5, 0.6) is 11.5 Å². The van der Waals surface area contributed by atoms with Gasteiger partial charge in [-0.05, 0) is 54.3 Å². The van der Waals surface area contributed by atoms with Crippen molar-refractivity contribution in [2.24, 2.45) is 5.92 Å². The van der Waals surface area contributed by atoms with Crippen molar-refractivity contribution in [1.29, 1.82) is 0 Å². The topological polar surface area (TPSA) is 29.5 Å². The second-order valence-corrected chi connectivity index (χ2v) is 7.62. The molecule has 3 nitrogen and oxygen atoms in total. The van der Waals surface area contributed by atoms with E-state index in [0.717, 1.165) is 30.0 Å².